The summed E-state index contributed by atoms with van der Waals surface area (Å²) in [5.74, 6) is 1.63. The van der Waals surface area contributed by atoms with Crippen molar-refractivity contribution in [3.8, 4) is 0 Å². The lowest BCUT2D eigenvalue weighted by molar-refractivity contribution is 0.590. The molecule has 1 heterocycles. The Morgan fingerprint density at radius 1 is 1.50 bits per heavy atom. The van der Waals surface area contributed by atoms with Gasteiger partial charge in [-0.1, -0.05) is 6.92 Å². The summed E-state index contributed by atoms with van der Waals surface area (Å²) >= 11 is 0. The van der Waals surface area contributed by atoms with Gasteiger partial charge in [-0.15, -0.1) is 24.0 Å². The number of nitrogens with two attached hydrogens (primary N) is 1. The summed E-state index contributed by atoms with van der Waals surface area (Å²) in [7, 11) is 0. The highest BCUT2D eigenvalue weighted by Gasteiger charge is 1.96. The van der Waals surface area contributed by atoms with Gasteiger partial charge in [0.1, 0.15) is 5.82 Å². The van der Waals surface area contributed by atoms with Gasteiger partial charge in [0.15, 0.2) is 5.96 Å². The molecule has 0 aliphatic heterocycles. The first kappa shape index (κ1) is 17.2. The topological polar surface area (TPSA) is 68.2 Å². The Balaban J connectivity index is 0.00000289. The molecule has 0 bridgehead atoms. The quantitative estimate of drug-likeness (QED) is 0.336. The summed E-state index contributed by atoms with van der Waals surface area (Å²) in [6.45, 7) is 6.80. The molecule has 0 aromatic carbocycles. The third-order valence-corrected chi connectivity index (χ3v) is 2.56. The molecule has 1 aromatic heterocycles. The average Bonchev–Trinajstić information content (AvgIpc) is 2.72. The Morgan fingerprint density at radius 3 is 2.89 bits per heavy atom. The number of nitrogens with one attached hydrogen (secondary N) is 1. The lowest BCUT2D eigenvalue weighted by atomic mass is 10.3. The summed E-state index contributed by atoms with van der Waals surface area (Å²) < 4.78 is 2.16. The third kappa shape index (κ3) is 6.83. The number of aromatic nitrogens is 2. The molecule has 0 atom stereocenters. The van der Waals surface area contributed by atoms with Crippen LogP contribution < -0.4 is 11.1 Å². The molecule has 0 aliphatic carbocycles. The van der Waals surface area contributed by atoms with Crippen molar-refractivity contribution in [2.24, 2.45) is 10.7 Å². The van der Waals surface area contributed by atoms with Gasteiger partial charge in [0.25, 0.3) is 0 Å². The van der Waals surface area contributed by atoms with Crippen LogP contribution in [0.2, 0.25) is 0 Å². The van der Waals surface area contributed by atoms with Crippen molar-refractivity contribution in [2.45, 2.75) is 39.7 Å². The molecule has 0 unspecified atom stereocenters. The third-order valence-electron chi connectivity index (χ3n) is 2.56. The van der Waals surface area contributed by atoms with Gasteiger partial charge in [-0.25, -0.2) is 4.98 Å². The fourth-order valence-electron chi connectivity index (χ4n) is 1.55. The van der Waals surface area contributed by atoms with Crippen molar-refractivity contribution in [3.05, 3.63) is 18.2 Å². The van der Waals surface area contributed by atoms with Crippen LogP contribution in [0.4, 0.5) is 0 Å². The number of aryl methyl sites for hydroxylation is 2. The lowest BCUT2D eigenvalue weighted by Gasteiger charge is -2.06. The number of imidazole rings is 1. The molecule has 18 heavy (non-hydrogen) atoms. The van der Waals surface area contributed by atoms with E-state index in [-0.39, 0.29) is 24.0 Å². The van der Waals surface area contributed by atoms with Gasteiger partial charge in [0.2, 0.25) is 0 Å². The number of nitrogens with zero attached hydrogens (tertiary/aromatic N) is 3. The van der Waals surface area contributed by atoms with Crippen LogP contribution in [0.25, 0.3) is 0 Å². The van der Waals surface area contributed by atoms with E-state index in [1.807, 2.05) is 19.3 Å². The van der Waals surface area contributed by atoms with Crippen LogP contribution in [0.15, 0.2) is 17.4 Å². The SMILES string of the molecule is CCCN=C(N)NCCCCn1ccnc1C.I. The fraction of sp³-hybridized carbons (Fsp3) is 0.667. The average molecular weight is 365 g/mol. The summed E-state index contributed by atoms with van der Waals surface area (Å²) in [5.41, 5.74) is 5.68. The minimum Gasteiger partial charge on any atom is -0.370 e. The van der Waals surface area contributed by atoms with Crippen molar-refractivity contribution in [3.63, 3.8) is 0 Å². The molecule has 1 aromatic rings. The van der Waals surface area contributed by atoms with Gasteiger partial charge >= 0.3 is 0 Å². The maximum Gasteiger partial charge on any atom is 0.188 e. The molecule has 3 N–H and O–H groups in total. The first-order chi connectivity index (χ1) is 8.24. The van der Waals surface area contributed by atoms with Crippen molar-refractivity contribution in [1.29, 1.82) is 0 Å². The molecule has 0 fully saturated rings. The van der Waals surface area contributed by atoms with Gasteiger partial charge in [0.05, 0.1) is 0 Å². The minimum absolute atomic E-state index is 0. The molecule has 0 radical (unpaired) electrons. The highest BCUT2D eigenvalue weighted by molar-refractivity contribution is 14.0. The largest absolute Gasteiger partial charge is 0.370 e. The molecule has 0 spiro atoms. The van der Waals surface area contributed by atoms with Crippen LogP contribution in [0, 0.1) is 6.92 Å². The predicted octanol–water partition coefficient (Wildman–Crippen LogP) is 1.90. The Bertz CT molecular complexity index is 348. The second-order valence-corrected chi connectivity index (χ2v) is 4.07. The van der Waals surface area contributed by atoms with E-state index < -0.39 is 0 Å². The van der Waals surface area contributed by atoms with E-state index in [9.17, 15) is 0 Å². The van der Waals surface area contributed by atoms with E-state index in [0.29, 0.717) is 5.96 Å². The number of hydrogen-bond acceptors (Lipinski definition) is 2. The van der Waals surface area contributed by atoms with Gasteiger partial charge in [-0.3, -0.25) is 4.99 Å². The molecule has 0 saturated carbocycles. The van der Waals surface area contributed by atoms with Crippen LogP contribution in [0.1, 0.15) is 32.0 Å². The summed E-state index contributed by atoms with van der Waals surface area (Å²) in [4.78, 5) is 8.36. The second-order valence-electron chi connectivity index (χ2n) is 4.07. The number of halogens is 1. The molecular formula is C12H24IN5. The summed E-state index contributed by atoms with van der Waals surface area (Å²) in [5, 5.41) is 3.12. The molecule has 104 valence electrons. The van der Waals surface area contributed by atoms with Gasteiger partial charge in [0, 0.05) is 32.0 Å². The smallest absolute Gasteiger partial charge is 0.188 e. The Labute approximate surface area is 126 Å². The number of unbranched alkanes of at least 4 members (excludes halogenated alkanes) is 1. The molecule has 6 heteroatoms. The van der Waals surface area contributed by atoms with E-state index in [0.717, 1.165) is 44.7 Å². The zero-order valence-corrected chi connectivity index (χ0v) is 13.6. The number of hydrogen-bond donors (Lipinski definition) is 2. The first-order valence-electron chi connectivity index (χ1n) is 6.25. The van der Waals surface area contributed by atoms with Crippen LogP contribution in [-0.2, 0) is 6.54 Å². The highest BCUT2D eigenvalue weighted by atomic mass is 127. The lowest BCUT2D eigenvalue weighted by Crippen LogP contribution is -2.32. The zero-order valence-electron chi connectivity index (χ0n) is 11.2. The Morgan fingerprint density at radius 2 is 2.28 bits per heavy atom. The summed E-state index contributed by atoms with van der Waals surface area (Å²) in [6, 6.07) is 0. The van der Waals surface area contributed by atoms with Gasteiger partial charge in [-0.05, 0) is 26.2 Å². The van der Waals surface area contributed by atoms with Crippen LogP contribution in [0.3, 0.4) is 0 Å². The number of rotatable bonds is 7. The molecule has 1 rings (SSSR count). The van der Waals surface area contributed by atoms with E-state index in [1.165, 1.54) is 0 Å². The van der Waals surface area contributed by atoms with E-state index in [1.54, 1.807) is 0 Å². The van der Waals surface area contributed by atoms with E-state index in [2.05, 4.69) is 26.8 Å². The predicted molar refractivity (Wildman–Crippen MR) is 86.4 cm³/mol. The van der Waals surface area contributed by atoms with Gasteiger partial charge in [-0.2, -0.15) is 0 Å². The van der Waals surface area contributed by atoms with Crippen LogP contribution in [0.5, 0.6) is 0 Å². The normalized spacial score (nSPS) is 11.1. The van der Waals surface area contributed by atoms with Crippen molar-refractivity contribution < 1.29 is 0 Å². The Kier molecular flexibility index (Phi) is 9.72. The van der Waals surface area contributed by atoms with E-state index in [4.69, 9.17) is 5.73 Å². The van der Waals surface area contributed by atoms with E-state index >= 15 is 0 Å². The maximum atomic E-state index is 5.68. The molecule has 0 saturated heterocycles. The standard InChI is InChI=1S/C12H23N5.HI/c1-3-6-15-12(13)16-7-4-5-9-17-10-8-14-11(17)2;/h8,10H,3-7,9H2,1-2H3,(H3,13,15,16);1H. The molecule has 5 nitrogen and oxygen atoms in total. The van der Waals surface area contributed by atoms with Crippen LogP contribution in [-0.4, -0.2) is 28.6 Å². The summed E-state index contributed by atoms with van der Waals surface area (Å²) in [6.07, 6.45) is 7.08. The first-order valence-corrected chi connectivity index (χ1v) is 6.25. The second kappa shape index (κ2) is 10.2. The minimum atomic E-state index is 0. The zero-order chi connectivity index (χ0) is 12.5. The molecule has 0 aliphatic rings. The maximum absolute atomic E-state index is 5.68. The van der Waals surface area contributed by atoms with Crippen molar-refractivity contribution in [1.82, 2.24) is 14.9 Å². The van der Waals surface area contributed by atoms with Crippen LogP contribution >= 0.6 is 24.0 Å². The van der Waals surface area contributed by atoms with Gasteiger partial charge < -0.3 is 15.6 Å². The molecular weight excluding hydrogens is 341 g/mol. The monoisotopic (exact) mass is 365 g/mol. The van der Waals surface area contributed by atoms with Crippen molar-refractivity contribution in [2.75, 3.05) is 13.1 Å². The highest BCUT2D eigenvalue weighted by Crippen LogP contribution is 1.98. The fourth-order valence-corrected chi connectivity index (χ4v) is 1.55. The number of aliphatic imine (C=N–C) groups is 1. The Hall–Kier alpha value is -0.790. The van der Waals surface area contributed by atoms with Crippen molar-refractivity contribution >= 4 is 29.9 Å². The number of guanidine groups is 1. The molecule has 0 amide bonds.